The summed E-state index contributed by atoms with van der Waals surface area (Å²) in [5.74, 6) is -1.08. The molecule has 0 aromatic carbocycles. The van der Waals surface area contributed by atoms with Crippen molar-refractivity contribution in [2.75, 3.05) is 6.67 Å². The molecular weight excluding hydrogens is 225 g/mol. The molecular formula is C11H10FN3O2. The molecule has 0 unspecified atom stereocenters. The fourth-order valence-electron chi connectivity index (χ4n) is 1.50. The number of hydrogen-bond acceptors (Lipinski definition) is 3. The van der Waals surface area contributed by atoms with Crippen LogP contribution in [0.5, 0.6) is 0 Å². The van der Waals surface area contributed by atoms with Crippen LogP contribution in [0.1, 0.15) is 10.4 Å². The van der Waals surface area contributed by atoms with Crippen LogP contribution >= 0.6 is 0 Å². The number of carboxylic acids is 1. The molecule has 2 aromatic rings. The van der Waals surface area contributed by atoms with Crippen molar-refractivity contribution >= 4 is 5.97 Å². The highest BCUT2D eigenvalue weighted by Crippen LogP contribution is 2.21. The predicted octanol–water partition coefficient (Wildman–Crippen LogP) is 1.61. The average Bonchev–Trinajstić information content (AvgIpc) is 2.75. The zero-order chi connectivity index (χ0) is 12.3. The topological polar surface area (TPSA) is 68.0 Å². The number of carboxylic acid groups (broad SMARTS) is 1. The minimum atomic E-state index is -1.08. The summed E-state index contributed by atoms with van der Waals surface area (Å²) >= 11 is 0. The Morgan fingerprint density at radius 3 is 2.71 bits per heavy atom. The quantitative estimate of drug-likeness (QED) is 0.874. The average molecular weight is 235 g/mol. The van der Waals surface area contributed by atoms with E-state index in [9.17, 15) is 9.18 Å². The van der Waals surface area contributed by atoms with Gasteiger partial charge in [0, 0.05) is 24.2 Å². The molecule has 0 amide bonds. The lowest BCUT2D eigenvalue weighted by Crippen LogP contribution is -1.99. The fraction of sp³-hybridized carbons (Fsp3) is 0.182. The number of hydrogen-bond donors (Lipinski definition) is 1. The van der Waals surface area contributed by atoms with Crippen molar-refractivity contribution in [1.29, 1.82) is 0 Å². The monoisotopic (exact) mass is 235 g/mol. The van der Waals surface area contributed by atoms with E-state index in [1.165, 1.54) is 10.9 Å². The van der Waals surface area contributed by atoms with Gasteiger partial charge >= 0.3 is 5.97 Å². The molecule has 0 atom stereocenters. The smallest absolute Gasteiger partial charge is 0.339 e. The van der Waals surface area contributed by atoms with Crippen molar-refractivity contribution in [2.45, 2.75) is 6.54 Å². The third-order valence-electron chi connectivity index (χ3n) is 2.26. The Balaban J connectivity index is 2.48. The summed E-state index contributed by atoms with van der Waals surface area (Å²) in [7, 11) is 0. The molecule has 0 spiro atoms. The highest BCUT2D eigenvalue weighted by atomic mass is 19.1. The standard InChI is InChI=1S/C11H10FN3O2/c12-3-6-15-7-9(11(16)17)10(14-15)8-1-4-13-5-2-8/h1-2,4-5,7H,3,6H2,(H,16,17). The van der Waals surface area contributed by atoms with Crippen molar-refractivity contribution < 1.29 is 14.3 Å². The van der Waals surface area contributed by atoms with Crippen LogP contribution in [0.2, 0.25) is 0 Å². The van der Waals surface area contributed by atoms with Crippen molar-refractivity contribution in [2.24, 2.45) is 0 Å². The second-order valence-electron chi connectivity index (χ2n) is 3.38. The van der Waals surface area contributed by atoms with Crippen molar-refractivity contribution in [1.82, 2.24) is 14.8 Å². The first kappa shape index (κ1) is 11.3. The van der Waals surface area contributed by atoms with Gasteiger partial charge in [0.15, 0.2) is 0 Å². The Morgan fingerprint density at radius 1 is 1.41 bits per heavy atom. The number of aromatic nitrogens is 3. The minimum Gasteiger partial charge on any atom is -0.478 e. The number of aromatic carboxylic acids is 1. The summed E-state index contributed by atoms with van der Waals surface area (Å²) in [5, 5.41) is 13.1. The number of alkyl halides is 1. The van der Waals surface area contributed by atoms with Crippen LogP contribution < -0.4 is 0 Å². The SMILES string of the molecule is O=C(O)c1cn(CCF)nc1-c1ccncc1. The van der Waals surface area contributed by atoms with Crippen LogP contribution in [0, 0.1) is 0 Å². The molecule has 0 saturated carbocycles. The van der Waals surface area contributed by atoms with Gasteiger partial charge in [0.1, 0.15) is 17.9 Å². The largest absolute Gasteiger partial charge is 0.478 e. The van der Waals surface area contributed by atoms with Gasteiger partial charge in [0.25, 0.3) is 0 Å². The second kappa shape index (κ2) is 4.73. The first-order chi connectivity index (χ1) is 8.22. The van der Waals surface area contributed by atoms with Gasteiger partial charge in [-0.05, 0) is 12.1 Å². The zero-order valence-corrected chi connectivity index (χ0v) is 8.88. The Hall–Kier alpha value is -2.24. The third-order valence-corrected chi connectivity index (χ3v) is 2.26. The highest BCUT2D eigenvalue weighted by Gasteiger charge is 2.16. The maximum atomic E-state index is 12.2. The lowest BCUT2D eigenvalue weighted by Gasteiger charge is -1.97. The van der Waals surface area contributed by atoms with E-state index in [-0.39, 0.29) is 12.1 Å². The first-order valence-electron chi connectivity index (χ1n) is 4.99. The summed E-state index contributed by atoms with van der Waals surface area (Å²) < 4.78 is 13.5. The van der Waals surface area contributed by atoms with E-state index in [2.05, 4.69) is 10.1 Å². The number of rotatable bonds is 4. The molecule has 88 valence electrons. The lowest BCUT2D eigenvalue weighted by atomic mass is 10.1. The van der Waals surface area contributed by atoms with Gasteiger partial charge in [0.05, 0.1) is 6.54 Å². The Morgan fingerprint density at radius 2 is 2.12 bits per heavy atom. The van der Waals surface area contributed by atoms with Crippen LogP contribution in [-0.2, 0) is 6.54 Å². The number of aryl methyl sites for hydroxylation is 1. The van der Waals surface area contributed by atoms with Crippen molar-refractivity contribution in [3.8, 4) is 11.3 Å². The molecule has 0 aliphatic heterocycles. The number of halogens is 1. The van der Waals surface area contributed by atoms with Gasteiger partial charge in [-0.2, -0.15) is 5.10 Å². The van der Waals surface area contributed by atoms with E-state index in [4.69, 9.17) is 5.11 Å². The maximum Gasteiger partial charge on any atom is 0.339 e. The molecule has 1 N–H and O–H groups in total. The van der Waals surface area contributed by atoms with E-state index >= 15 is 0 Å². The summed E-state index contributed by atoms with van der Waals surface area (Å²) in [4.78, 5) is 14.9. The molecule has 0 bridgehead atoms. The van der Waals surface area contributed by atoms with Gasteiger partial charge in [0.2, 0.25) is 0 Å². The predicted molar refractivity (Wildman–Crippen MR) is 58.4 cm³/mol. The van der Waals surface area contributed by atoms with Gasteiger partial charge in [-0.25, -0.2) is 9.18 Å². The third kappa shape index (κ3) is 2.30. The molecule has 5 nitrogen and oxygen atoms in total. The molecule has 2 rings (SSSR count). The Kier molecular flexibility index (Phi) is 3.13. The minimum absolute atomic E-state index is 0.0470. The zero-order valence-electron chi connectivity index (χ0n) is 8.88. The van der Waals surface area contributed by atoms with Crippen LogP contribution in [0.4, 0.5) is 4.39 Å². The van der Waals surface area contributed by atoms with Crippen LogP contribution in [-0.4, -0.2) is 32.5 Å². The molecule has 2 heterocycles. The summed E-state index contributed by atoms with van der Waals surface area (Å²) in [6.07, 6.45) is 4.43. The van der Waals surface area contributed by atoms with Crippen LogP contribution in [0.15, 0.2) is 30.7 Å². The van der Waals surface area contributed by atoms with Gasteiger partial charge < -0.3 is 5.11 Å². The molecule has 17 heavy (non-hydrogen) atoms. The van der Waals surface area contributed by atoms with Gasteiger partial charge in [-0.1, -0.05) is 0 Å². The van der Waals surface area contributed by atoms with E-state index in [0.717, 1.165) is 0 Å². The molecule has 0 aliphatic rings. The first-order valence-corrected chi connectivity index (χ1v) is 4.99. The normalized spacial score (nSPS) is 10.4. The Labute approximate surface area is 96.5 Å². The van der Waals surface area contributed by atoms with Crippen molar-refractivity contribution in [3.63, 3.8) is 0 Å². The van der Waals surface area contributed by atoms with E-state index in [0.29, 0.717) is 11.3 Å². The molecule has 0 fully saturated rings. The second-order valence-corrected chi connectivity index (χ2v) is 3.38. The summed E-state index contributed by atoms with van der Waals surface area (Å²) in [6, 6.07) is 3.32. The molecule has 0 aliphatic carbocycles. The fourth-order valence-corrected chi connectivity index (χ4v) is 1.50. The summed E-state index contributed by atoms with van der Waals surface area (Å²) in [5.41, 5.74) is 1.04. The molecule has 2 aromatic heterocycles. The van der Waals surface area contributed by atoms with E-state index in [1.807, 2.05) is 0 Å². The molecule has 0 saturated heterocycles. The lowest BCUT2D eigenvalue weighted by molar-refractivity contribution is 0.0697. The molecule has 0 radical (unpaired) electrons. The van der Waals surface area contributed by atoms with Crippen LogP contribution in [0.25, 0.3) is 11.3 Å². The van der Waals surface area contributed by atoms with Crippen molar-refractivity contribution in [3.05, 3.63) is 36.3 Å². The van der Waals surface area contributed by atoms with Crippen LogP contribution in [0.3, 0.4) is 0 Å². The number of carbonyl (C=O) groups is 1. The summed E-state index contributed by atoms with van der Waals surface area (Å²) in [6.45, 7) is -0.540. The van der Waals surface area contributed by atoms with Gasteiger partial charge in [-0.3, -0.25) is 9.67 Å². The Bertz CT molecular complexity index is 525. The molecule has 6 heteroatoms. The van der Waals surface area contributed by atoms with E-state index in [1.54, 1.807) is 24.5 Å². The highest BCUT2D eigenvalue weighted by molar-refractivity contribution is 5.94. The van der Waals surface area contributed by atoms with Gasteiger partial charge in [-0.15, -0.1) is 0 Å². The number of nitrogens with zero attached hydrogens (tertiary/aromatic N) is 3. The number of pyridine rings is 1. The maximum absolute atomic E-state index is 12.2. The van der Waals surface area contributed by atoms with E-state index < -0.39 is 12.6 Å².